The first-order valence-electron chi connectivity index (χ1n) is 5.77. The van der Waals surface area contributed by atoms with Gasteiger partial charge in [-0.15, -0.1) is 11.8 Å². The lowest BCUT2D eigenvalue weighted by molar-refractivity contribution is 0.977. The van der Waals surface area contributed by atoms with Crippen molar-refractivity contribution in [2.24, 2.45) is 0 Å². The molecule has 0 aliphatic carbocycles. The Balaban J connectivity index is 2.21. The molecule has 0 saturated heterocycles. The van der Waals surface area contributed by atoms with Crippen LogP contribution in [0.15, 0.2) is 40.4 Å². The van der Waals surface area contributed by atoms with Gasteiger partial charge in [0.15, 0.2) is 5.16 Å². The largest absolute Gasteiger partial charge is 0.373 e. The van der Waals surface area contributed by atoms with E-state index in [4.69, 9.17) is 0 Å². The van der Waals surface area contributed by atoms with E-state index in [1.165, 1.54) is 16.7 Å². The van der Waals surface area contributed by atoms with Crippen molar-refractivity contribution >= 4 is 40.8 Å². The second kappa shape index (κ2) is 6.68. The quantitative estimate of drug-likeness (QED) is 0.647. The van der Waals surface area contributed by atoms with Crippen molar-refractivity contribution in [3.05, 3.63) is 30.3 Å². The summed E-state index contributed by atoms with van der Waals surface area (Å²) in [6.45, 7) is 0. The van der Waals surface area contributed by atoms with Crippen LogP contribution in [0.3, 0.4) is 0 Å². The Morgan fingerprint density at radius 1 is 0.947 bits per heavy atom. The number of hydrogen-bond donors (Lipinski definition) is 2. The number of benzene rings is 1. The highest BCUT2D eigenvalue weighted by Crippen LogP contribution is 2.22. The fourth-order valence-corrected chi connectivity index (χ4v) is 2.32. The lowest BCUT2D eigenvalue weighted by Crippen LogP contribution is -2.00. The number of anilines is 3. The van der Waals surface area contributed by atoms with Crippen molar-refractivity contribution in [1.29, 1.82) is 0 Å². The number of thioether (sulfide) groups is 2. The van der Waals surface area contributed by atoms with Gasteiger partial charge >= 0.3 is 0 Å². The molecule has 0 atom stereocenters. The third-order valence-corrected chi connectivity index (χ3v) is 3.80. The summed E-state index contributed by atoms with van der Waals surface area (Å²) in [6, 6.07) is 10.2. The zero-order valence-electron chi connectivity index (χ0n) is 11.1. The van der Waals surface area contributed by atoms with Gasteiger partial charge in [0, 0.05) is 23.7 Å². The monoisotopic (exact) mass is 292 g/mol. The molecule has 100 valence electrons. The average Bonchev–Trinajstić information content (AvgIpc) is 2.47. The van der Waals surface area contributed by atoms with E-state index in [0.29, 0.717) is 0 Å². The second-order valence-electron chi connectivity index (χ2n) is 3.73. The Kier molecular flexibility index (Phi) is 4.93. The van der Waals surface area contributed by atoms with Crippen molar-refractivity contribution in [2.75, 3.05) is 30.2 Å². The van der Waals surface area contributed by atoms with Crippen molar-refractivity contribution < 1.29 is 0 Å². The Hall–Kier alpha value is -1.40. The van der Waals surface area contributed by atoms with Gasteiger partial charge in [-0.3, -0.25) is 0 Å². The lowest BCUT2D eigenvalue weighted by atomic mass is 10.3. The van der Waals surface area contributed by atoms with Crippen molar-refractivity contribution in [2.45, 2.75) is 10.1 Å². The molecular weight excluding hydrogens is 276 g/mol. The molecule has 0 aliphatic rings. The van der Waals surface area contributed by atoms with Crippen LogP contribution in [0.25, 0.3) is 0 Å². The predicted molar refractivity (Wildman–Crippen MR) is 84.9 cm³/mol. The van der Waals surface area contributed by atoms with Crippen molar-refractivity contribution in [3.8, 4) is 0 Å². The van der Waals surface area contributed by atoms with E-state index in [-0.39, 0.29) is 0 Å². The number of hydrogen-bond acceptors (Lipinski definition) is 6. The fraction of sp³-hybridized carbons (Fsp3) is 0.231. The van der Waals surface area contributed by atoms with E-state index < -0.39 is 0 Å². The minimum Gasteiger partial charge on any atom is -0.373 e. The average molecular weight is 292 g/mol. The molecule has 2 aromatic rings. The summed E-state index contributed by atoms with van der Waals surface area (Å²) in [5.74, 6) is 1.60. The molecule has 6 heteroatoms. The van der Waals surface area contributed by atoms with Crippen LogP contribution in [0.2, 0.25) is 0 Å². The van der Waals surface area contributed by atoms with Crippen molar-refractivity contribution in [1.82, 2.24) is 9.97 Å². The number of nitrogens with zero attached hydrogens (tertiary/aromatic N) is 2. The van der Waals surface area contributed by atoms with Gasteiger partial charge in [-0.2, -0.15) is 0 Å². The van der Waals surface area contributed by atoms with Gasteiger partial charge in [-0.1, -0.05) is 11.8 Å². The first kappa shape index (κ1) is 14.0. The Morgan fingerprint density at radius 2 is 1.63 bits per heavy atom. The second-order valence-corrected chi connectivity index (χ2v) is 5.38. The molecule has 0 radical (unpaired) electrons. The van der Waals surface area contributed by atoms with Crippen LogP contribution >= 0.6 is 23.5 Å². The molecule has 2 N–H and O–H groups in total. The maximum atomic E-state index is 4.43. The van der Waals surface area contributed by atoms with Gasteiger partial charge in [0.2, 0.25) is 0 Å². The standard InChI is InChI=1S/C13H16N4S2/c1-14-11-8-12(17-13(16-11)19-3)15-9-4-6-10(18-2)7-5-9/h4-8H,1-3H3,(H2,14,15,16,17). The topological polar surface area (TPSA) is 49.8 Å². The van der Waals surface area contributed by atoms with E-state index in [2.05, 4.69) is 39.0 Å². The van der Waals surface area contributed by atoms with Gasteiger partial charge < -0.3 is 10.6 Å². The molecule has 0 fully saturated rings. The zero-order valence-corrected chi connectivity index (χ0v) is 12.7. The highest BCUT2D eigenvalue weighted by Gasteiger charge is 2.03. The van der Waals surface area contributed by atoms with Crippen LogP contribution in [-0.2, 0) is 0 Å². The lowest BCUT2D eigenvalue weighted by Gasteiger charge is -2.09. The molecular formula is C13H16N4S2. The molecule has 0 saturated carbocycles. The van der Waals surface area contributed by atoms with E-state index in [1.54, 1.807) is 11.8 Å². The van der Waals surface area contributed by atoms with E-state index in [0.717, 1.165) is 22.5 Å². The molecule has 0 spiro atoms. The van der Waals surface area contributed by atoms with Gasteiger partial charge in [-0.25, -0.2) is 9.97 Å². The highest BCUT2D eigenvalue weighted by atomic mass is 32.2. The van der Waals surface area contributed by atoms with E-state index >= 15 is 0 Å². The Morgan fingerprint density at radius 3 is 2.21 bits per heavy atom. The van der Waals surface area contributed by atoms with Crippen molar-refractivity contribution in [3.63, 3.8) is 0 Å². The Bertz CT molecular complexity index is 521. The molecule has 0 aliphatic heterocycles. The third kappa shape index (κ3) is 3.78. The van der Waals surface area contributed by atoms with Gasteiger partial charge in [0.25, 0.3) is 0 Å². The van der Waals surface area contributed by atoms with Crippen LogP contribution in [0.1, 0.15) is 0 Å². The maximum Gasteiger partial charge on any atom is 0.191 e. The summed E-state index contributed by atoms with van der Waals surface area (Å²) in [4.78, 5) is 10.0. The smallest absolute Gasteiger partial charge is 0.191 e. The van der Waals surface area contributed by atoms with Crippen LogP contribution in [0.5, 0.6) is 0 Å². The predicted octanol–water partition coefficient (Wildman–Crippen LogP) is 3.71. The summed E-state index contributed by atoms with van der Waals surface area (Å²) in [6.07, 6.45) is 4.03. The summed E-state index contributed by atoms with van der Waals surface area (Å²) in [5, 5.41) is 7.07. The molecule has 2 rings (SSSR count). The number of rotatable bonds is 5. The number of nitrogens with one attached hydrogen (secondary N) is 2. The maximum absolute atomic E-state index is 4.43. The summed E-state index contributed by atoms with van der Waals surface area (Å²) >= 11 is 3.25. The van der Waals surface area contributed by atoms with Gasteiger partial charge in [-0.05, 0) is 36.8 Å². The normalized spacial score (nSPS) is 10.3. The molecule has 0 bridgehead atoms. The first-order chi connectivity index (χ1) is 9.25. The minimum absolute atomic E-state index is 0.745. The number of aromatic nitrogens is 2. The highest BCUT2D eigenvalue weighted by molar-refractivity contribution is 7.98. The van der Waals surface area contributed by atoms with Gasteiger partial charge in [0.1, 0.15) is 11.6 Å². The molecule has 19 heavy (non-hydrogen) atoms. The van der Waals surface area contributed by atoms with E-state index in [9.17, 15) is 0 Å². The van der Waals surface area contributed by atoms with Crippen LogP contribution in [0.4, 0.5) is 17.3 Å². The molecule has 4 nitrogen and oxygen atoms in total. The Labute approximate surface area is 121 Å². The summed E-state index contributed by atoms with van der Waals surface area (Å²) in [7, 11) is 1.85. The summed E-state index contributed by atoms with van der Waals surface area (Å²) < 4.78 is 0. The van der Waals surface area contributed by atoms with Crippen LogP contribution in [-0.4, -0.2) is 29.5 Å². The zero-order chi connectivity index (χ0) is 13.7. The molecule has 1 heterocycles. The molecule has 0 amide bonds. The molecule has 0 unspecified atom stereocenters. The van der Waals surface area contributed by atoms with Gasteiger partial charge in [0.05, 0.1) is 0 Å². The third-order valence-electron chi connectivity index (χ3n) is 2.51. The minimum atomic E-state index is 0.745. The van der Waals surface area contributed by atoms with Crippen LogP contribution < -0.4 is 10.6 Å². The summed E-state index contributed by atoms with van der Waals surface area (Å²) in [5.41, 5.74) is 1.02. The van der Waals surface area contributed by atoms with Crippen LogP contribution in [0, 0.1) is 0 Å². The first-order valence-corrected chi connectivity index (χ1v) is 8.22. The van der Waals surface area contributed by atoms with E-state index in [1.807, 2.05) is 31.5 Å². The fourth-order valence-electron chi connectivity index (χ4n) is 1.53. The molecule has 1 aromatic heterocycles. The SMILES string of the molecule is CNc1cc(Nc2ccc(SC)cc2)nc(SC)n1. The molecule has 1 aromatic carbocycles.